The van der Waals surface area contributed by atoms with Gasteiger partial charge in [-0.2, -0.15) is 0 Å². The molecule has 23 heavy (non-hydrogen) atoms. The van der Waals surface area contributed by atoms with Crippen LogP contribution in [0.1, 0.15) is 5.56 Å². The van der Waals surface area contributed by atoms with Crippen LogP contribution in [-0.2, 0) is 0 Å². The first-order valence-corrected chi connectivity index (χ1v) is 7.86. The van der Waals surface area contributed by atoms with E-state index >= 15 is 0 Å². The van der Waals surface area contributed by atoms with Crippen molar-refractivity contribution in [3.05, 3.63) is 75.2 Å². The Morgan fingerprint density at radius 3 is 2.35 bits per heavy atom. The highest BCUT2D eigenvalue weighted by Crippen LogP contribution is 2.36. The first-order valence-electron chi connectivity index (χ1n) is 6.64. The minimum Gasteiger partial charge on any atom is -0.261 e. The number of nitro groups is 1. The van der Waals surface area contributed by atoms with Gasteiger partial charge in [0.1, 0.15) is 4.99 Å². The van der Waals surface area contributed by atoms with E-state index in [0.29, 0.717) is 9.89 Å². The zero-order valence-electron chi connectivity index (χ0n) is 11.7. The molecule has 0 aromatic heterocycles. The number of thiocarbonyl (C=S) groups is 1. The van der Waals surface area contributed by atoms with Crippen molar-refractivity contribution in [1.82, 2.24) is 0 Å². The summed E-state index contributed by atoms with van der Waals surface area (Å²) in [5, 5.41) is 10.5. The summed E-state index contributed by atoms with van der Waals surface area (Å²) in [6.45, 7) is 0. The average molecular weight is 342 g/mol. The highest BCUT2D eigenvalue weighted by atomic mass is 32.2. The second-order valence-corrected chi connectivity index (χ2v) is 6.08. The van der Waals surface area contributed by atoms with Gasteiger partial charge in [0.25, 0.3) is 10.9 Å². The minimum atomic E-state index is -0.452. The number of para-hydroxylation sites is 1. The number of hydrogen-bond acceptors (Lipinski definition) is 5. The molecule has 0 unspecified atom stereocenters. The number of thioether (sulfide) groups is 1. The van der Waals surface area contributed by atoms with E-state index in [-0.39, 0.29) is 10.9 Å². The molecule has 2 aromatic rings. The number of carbonyl (C=O) groups is 1. The lowest BCUT2D eigenvalue weighted by atomic mass is 10.2. The summed E-state index contributed by atoms with van der Waals surface area (Å²) in [6.07, 6.45) is 1.76. The first kappa shape index (κ1) is 15.4. The van der Waals surface area contributed by atoms with Crippen molar-refractivity contribution >= 4 is 51.7 Å². The van der Waals surface area contributed by atoms with Crippen molar-refractivity contribution in [3.8, 4) is 0 Å². The third-order valence-corrected chi connectivity index (χ3v) is 4.63. The van der Waals surface area contributed by atoms with Crippen LogP contribution >= 0.6 is 24.0 Å². The number of carbonyl (C=O) groups excluding carboxylic acids is 1. The molecule has 2 aromatic carbocycles. The van der Waals surface area contributed by atoms with Gasteiger partial charge in [0.05, 0.1) is 15.5 Å². The van der Waals surface area contributed by atoms with Crippen molar-refractivity contribution in [2.45, 2.75) is 0 Å². The van der Waals surface area contributed by atoms with Crippen LogP contribution in [0.15, 0.2) is 59.5 Å². The van der Waals surface area contributed by atoms with Crippen LogP contribution in [0.2, 0.25) is 0 Å². The van der Waals surface area contributed by atoms with E-state index in [4.69, 9.17) is 12.2 Å². The smallest absolute Gasteiger partial charge is 0.261 e. The van der Waals surface area contributed by atoms with Crippen molar-refractivity contribution in [3.63, 3.8) is 0 Å². The number of hydrogen-bond donors (Lipinski definition) is 0. The Morgan fingerprint density at radius 2 is 1.74 bits per heavy atom. The second-order valence-electron chi connectivity index (χ2n) is 4.70. The highest BCUT2D eigenvalue weighted by molar-refractivity contribution is 8.20. The third kappa shape index (κ3) is 3.15. The van der Waals surface area contributed by atoms with E-state index in [1.807, 2.05) is 30.3 Å². The van der Waals surface area contributed by atoms with Gasteiger partial charge in [0.2, 0.25) is 0 Å². The minimum absolute atomic E-state index is 0.0239. The Labute approximate surface area is 141 Å². The third-order valence-electron chi connectivity index (χ3n) is 3.21. The van der Waals surface area contributed by atoms with Gasteiger partial charge < -0.3 is 0 Å². The van der Waals surface area contributed by atoms with Crippen molar-refractivity contribution in [2.75, 3.05) is 4.90 Å². The van der Waals surface area contributed by atoms with Crippen molar-refractivity contribution in [1.29, 1.82) is 0 Å². The number of amides is 1. The lowest BCUT2D eigenvalue weighted by Gasteiger charge is -2.14. The van der Waals surface area contributed by atoms with Crippen LogP contribution in [0.4, 0.5) is 16.2 Å². The van der Waals surface area contributed by atoms with Gasteiger partial charge in [-0.25, -0.2) is 0 Å². The van der Waals surface area contributed by atoms with Crippen molar-refractivity contribution < 1.29 is 9.72 Å². The summed E-state index contributed by atoms with van der Waals surface area (Å²) in [5.41, 5.74) is 1.50. The fourth-order valence-electron chi connectivity index (χ4n) is 2.11. The summed E-state index contributed by atoms with van der Waals surface area (Å²) in [7, 11) is 0. The van der Waals surface area contributed by atoms with Crippen LogP contribution in [0.5, 0.6) is 0 Å². The molecule has 114 valence electrons. The Hall–Kier alpha value is -2.51. The number of non-ortho nitro benzene ring substituents is 1. The normalized spacial score (nSPS) is 16.2. The molecule has 0 N–H and O–H groups in total. The van der Waals surface area contributed by atoms with E-state index in [9.17, 15) is 14.9 Å². The molecular weight excluding hydrogens is 332 g/mol. The molecule has 0 bridgehead atoms. The molecule has 1 heterocycles. The van der Waals surface area contributed by atoms with Gasteiger partial charge in [0, 0.05) is 12.1 Å². The maximum absolute atomic E-state index is 12.2. The van der Waals surface area contributed by atoms with E-state index in [2.05, 4.69) is 0 Å². The zero-order chi connectivity index (χ0) is 16.4. The molecule has 1 aliphatic heterocycles. The van der Waals surface area contributed by atoms with Crippen molar-refractivity contribution in [2.24, 2.45) is 0 Å². The quantitative estimate of drug-likeness (QED) is 0.352. The Bertz CT molecular complexity index is 817. The molecule has 5 nitrogen and oxygen atoms in total. The Kier molecular flexibility index (Phi) is 4.22. The van der Waals surface area contributed by atoms with E-state index < -0.39 is 4.92 Å². The van der Waals surface area contributed by atoms with Gasteiger partial charge in [-0.15, -0.1) is 0 Å². The molecule has 3 rings (SSSR count). The van der Waals surface area contributed by atoms with Crippen LogP contribution in [0, 0.1) is 10.1 Å². The van der Waals surface area contributed by atoms with Crippen LogP contribution in [0.3, 0.4) is 0 Å². The lowest BCUT2D eigenvalue weighted by molar-refractivity contribution is -0.384. The lowest BCUT2D eigenvalue weighted by Crippen LogP contribution is -2.26. The topological polar surface area (TPSA) is 63.4 Å². The zero-order valence-corrected chi connectivity index (χ0v) is 13.3. The predicted octanol–water partition coefficient (Wildman–Crippen LogP) is 4.64. The summed E-state index contributed by atoms with van der Waals surface area (Å²) in [6, 6.07) is 15.3. The first-order chi connectivity index (χ1) is 11.1. The van der Waals surface area contributed by atoms with Crippen LogP contribution in [0.25, 0.3) is 6.08 Å². The molecule has 1 aliphatic rings. The molecule has 7 heteroatoms. The number of nitrogens with zero attached hydrogens (tertiary/aromatic N) is 2. The maximum atomic E-state index is 12.2. The fraction of sp³-hybridized carbons (Fsp3) is 0. The molecule has 1 saturated heterocycles. The standard InChI is InChI=1S/C16H10N2O3S2/c19-16-17(12-4-2-1-3-5-12)15(22)14(23-16)10-11-6-8-13(9-7-11)18(20)21/h1-10H/b14-10-. The van der Waals surface area contributed by atoms with Gasteiger partial charge in [0.15, 0.2) is 0 Å². The van der Waals surface area contributed by atoms with Gasteiger partial charge in [-0.1, -0.05) is 30.4 Å². The van der Waals surface area contributed by atoms with Crippen LogP contribution < -0.4 is 4.90 Å². The van der Waals surface area contributed by atoms with E-state index in [1.54, 1.807) is 18.2 Å². The second kappa shape index (κ2) is 6.31. The summed E-state index contributed by atoms with van der Waals surface area (Å²) < 4.78 is 0. The highest BCUT2D eigenvalue weighted by Gasteiger charge is 2.32. The number of nitro benzene ring substituents is 1. The molecule has 1 fully saturated rings. The van der Waals surface area contributed by atoms with Crippen LogP contribution in [-0.4, -0.2) is 15.2 Å². The predicted molar refractivity (Wildman–Crippen MR) is 95.6 cm³/mol. The number of benzene rings is 2. The van der Waals surface area contributed by atoms with E-state index in [0.717, 1.165) is 23.0 Å². The van der Waals surface area contributed by atoms with Gasteiger partial charge in [-0.3, -0.25) is 19.8 Å². The summed E-state index contributed by atoms with van der Waals surface area (Å²) in [4.78, 5) is 25.0. The van der Waals surface area contributed by atoms with Gasteiger partial charge >= 0.3 is 0 Å². The molecule has 0 aliphatic carbocycles. The Morgan fingerprint density at radius 1 is 1.09 bits per heavy atom. The number of rotatable bonds is 3. The molecule has 0 saturated carbocycles. The molecule has 1 amide bonds. The van der Waals surface area contributed by atoms with E-state index in [1.165, 1.54) is 17.0 Å². The molecule has 0 radical (unpaired) electrons. The maximum Gasteiger partial charge on any atom is 0.296 e. The average Bonchev–Trinajstić information content (AvgIpc) is 2.82. The largest absolute Gasteiger partial charge is 0.296 e. The Balaban J connectivity index is 1.88. The SMILES string of the molecule is O=C1S/C(=C\c2ccc([N+](=O)[O-])cc2)C(=S)N1c1ccccc1. The number of anilines is 1. The fourth-order valence-corrected chi connectivity index (χ4v) is 3.39. The van der Waals surface area contributed by atoms with Gasteiger partial charge in [-0.05, 0) is 47.7 Å². The molecule has 0 atom stereocenters. The monoisotopic (exact) mass is 342 g/mol. The summed E-state index contributed by atoms with van der Waals surface area (Å²) >= 11 is 6.45. The summed E-state index contributed by atoms with van der Waals surface area (Å²) in [5.74, 6) is 0. The molecular formula is C16H10N2O3S2. The molecule has 0 spiro atoms.